The van der Waals surface area contributed by atoms with Crippen molar-refractivity contribution in [2.75, 3.05) is 11.9 Å². The van der Waals surface area contributed by atoms with Gasteiger partial charge < -0.3 is 10.1 Å². The molecule has 8 nitrogen and oxygen atoms in total. The van der Waals surface area contributed by atoms with Crippen LogP contribution in [0.2, 0.25) is 0 Å². The first-order valence-electron chi connectivity index (χ1n) is 10.8. The molecule has 172 valence electrons. The maximum atomic E-state index is 13.1. The molecule has 0 saturated carbocycles. The molecule has 34 heavy (non-hydrogen) atoms. The van der Waals surface area contributed by atoms with Gasteiger partial charge in [0.05, 0.1) is 10.6 Å². The van der Waals surface area contributed by atoms with Gasteiger partial charge in [0.1, 0.15) is 17.3 Å². The molecule has 1 aromatic heterocycles. The summed E-state index contributed by atoms with van der Waals surface area (Å²) in [5, 5.41) is 9.96. The molecule has 0 spiro atoms. The highest BCUT2D eigenvalue weighted by Crippen LogP contribution is 2.29. The van der Waals surface area contributed by atoms with Gasteiger partial charge in [-0.3, -0.25) is 9.89 Å². The zero-order chi connectivity index (χ0) is 23.5. The lowest BCUT2D eigenvalue weighted by molar-refractivity contribution is 0.102. The lowest BCUT2D eigenvalue weighted by Gasteiger charge is -2.26. The van der Waals surface area contributed by atoms with Crippen molar-refractivity contribution < 1.29 is 17.9 Å². The highest BCUT2D eigenvalue weighted by molar-refractivity contribution is 7.89. The van der Waals surface area contributed by atoms with Crippen LogP contribution in [0, 0.1) is 0 Å². The summed E-state index contributed by atoms with van der Waals surface area (Å²) in [6.45, 7) is 0.442. The van der Waals surface area contributed by atoms with E-state index in [1.165, 1.54) is 4.31 Å². The Balaban J connectivity index is 1.33. The summed E-state index contributed by atoms with van der Waals surface area (Å²) in [5.74, 6) is 1.24. The number of rotatable bonds is 6. The van der Waals surface area contributed by atoms with E-state index in [1.807, 2.05) is 30.3 Å². The smallest absolute Gasteiger partial charge is 0.256 e. The van der Waals surface area contributed by atoms with Crippen LogP contribution < -0.4 is 10.1 Å². The fourth-order valence-electron chi connectivity index (χ4n) is 3.83. The van der Waals surface area contributed by atoms with Crippen LogP contribution in [0.5, 0.6) is 11.5 Å². The SMILES string of the molecule is O=C(Nc1[nH]nc2c1CN(S(=O)(=O)c1ccccc1)CC2)c1cccc(Oc2ccccc2)c1. The Morgan fingerprint density at radius 2 is 1.65 bits per heavy atom. The summed E-state index contributed by atoms with van der Waals surface area (Å²) in [7, 11) is -3.65. The number of anilines is 1. The first-order chi connectivity index (χ1) is 16.5. The molecule has 0 fully saturated rings. The quantitative estimate of drug-likeness (QED) is 0.436. The van der Waals surface area contributed by atoms with Gasteiger partial charge in [-0.15, -0.1) is 0 Å². The molecule has 5 rings (SSSR count). The van der Waals surface area contributed by atoms with E-state index in [4.69, 9.17) is 4.74 Å². The van der Waals surface area contributed by atoms with Crippen molar-refractivity contribution in [3.05, 3.63) is 102 Å². The average molecular weight is 475 g/mol. The van der Waals surface area contributed by atoms with Gasteiger partial charge in [0, 0.05) is 30.6 Å². The van der Waals surface area contributed by atoms with Gasteiger partial charge in [-0.25, -0.2) is 8.42 Å². The number of hydrogen-bond acceptors (Lipinski definition) is 5. The molecule has 1 aliphatic heterocycles. The molecule has 9 heteroatoms. The minimum atomic E-state index is -3.65. The number of nitrogens with one attached hydrogen (secondary N) is 2. The molecule has 0 unspecified atom stereocenters. The van der Waals surface area contributed by atoms with E-state index < -0.39 is 10.0 Å². The van der Waals surface area contributed by atoms with Gasteiger partial charge in [0.25, 0.3) is 5.91 Å². The Morgan fingerprint density at radius 3 is 2.41 bits per heavy atom. The normalized spacial score (nSPS) is 13.8. The number of sulfonamides is 1. The third-order valence-corrected chi connectivity index (χ3v) is 7.44. The van der Waals surface area contributed by atoms with Crippen molar-refractivity contribution in [2.24, 2.45) is 0 Å². The summed E-state index contributed by atoms with van der Waals surface area (Å²) in [5.41, 5.74) is 1.81. The minimum Gasteiger partial charge on any atom is -0.457 e. The molecular formula is C25H22N4O4S. The van der Waals surface area contributed by atoms with Crippen LogP contribution in [-0.4, -0.2) is 35.4 Å². The number of aromatic nitrogens is 2. The van der Waals surface area contributed by atoms with E-state index in [9.17, 15) is 13.2 Å². The molecule has 0 aliphatic carbocycles. The zero-order valence-electron chi connectivity index (χ0n) is 18.1. The molecule has 4 aromatic rings. The number of para-hydroxylation sites is 1. The summed E-state index contributed by atoms with van der Waals surface area (Å²) in [6.07, 6.45) is 0.453. The largest absolute Gasteiger partial charge is 0.457 e. The van der Waals surface area contributed by atoms with Gasteiger partial charge in [0.15, 0.2) is 0 Å². The van der Waals surface area contributed by atoms with E-state index in [0.29, 0.717) is 41.4 Å². The van der Waals surface area contributed by atoms with E-state index in [2.05, 4.69) is 15.5 Å². The number of hydrogen-bond donors (Lipinski definition) is 2. The van der Waals surface area contributed by atoms with Crippen molar-refractivity contribution in [3.63, 3.8) is 0 Å². The third kappa shape index (κ3) is 4.43. The second kappa shape index (κ2) is 9.12. The highest BCUT2D eigenvalue weighted by atomic mass is 32.2. The van der Waals surface area contributed by atoms with Crippen molar-refractivity contribution in [2.45, 2.75) is 17.9 Å². The second-order valence-electron chi connectivity index (χ2n) is 7.82. The summed E-state index contributed by atoms with van der Waals surface area (Å²) < 4.78 is 33.3. The maximum absolute atomic E-state index is 13.1. The van der Waals surface area contributed by atoms with Crippen LogP contribution in [0.1, 0.15) is 21.6 Å². The maximum Gasteiger partial charge on any atom is 0.256 e. The number of aromatic amines is 1. The van der Waals surface area contributed by atoms with Crippen LogP contribution in [0.4, 0.5) is 5.82 Å². The van der Waals surface area contributed by atoms with Gasteiger partial charge in [-0.2, -0.15) is 9.40 Å². The van der Waals surface area contributed by atoms with Crippen molar-refractivity contribution in [1.29, 1.82) is 0 Å². The monoisotopic (exact) mass is 474 g/mol. The number of carbonyl (C=O) groups excluding carboxylic acids is 1. The molecule has 0 saturated heterocycles. The molecule has 3 aromatic carbocycles. The molecule has 0 atom stereocenters. The first kappa shape index (κ1) is 21.9. The van der Waals surface area contributed by atoms with Crippen molar-refractivity contribution >= 4 is 21.7 Å². The first-order valence-corrected chi connectivity index (χ1v) is 12.2. The zero-order valence-corrected chi connectivity index (χ0v) is 19.0. The van der Waals surface area contributed by atoms with Crippen molar-refractivity contribution in [1.82, 2.24) is 14.5 Å². The van der Waals surface area contributed by atoms with Crippen LogP contribution in [0.3, 0.4) is 0 Å². The Hall–Kier alpha value is -3.95. The molecule has 0 bridgehead atoms. The molecule has 2 N–H and O–H groups in total. The Kier molecular flexibility index (Phi) is 5.87. The number of H-pyrrole nitrogens is 1. The van der Waals surface area contributed by atoms with E-state index in [-0.39, 0.29) is 17.3 Å². The summed E-state index contributed by atoms with van der Waals surface area (Å²) in [4.78, 5) is 13.2. The lowest BCUT2D eigenvalue weighted by atomic mass is 10.1. The number of benzene rings is 3. The lowest BCUT2D eigenvalue weighted by Crippen LogP contribution is -2.36. The molecule has 1 amide bonds. The molecule has 1 aliphatic rings. The van der Waals surface area contributed by atoms with Crippen LogP contribution in [0.25, 0.3) is 0 Å². The second-order valence-corrected chi connectivity index (χ2v) is 9.76. The molecular weight excluding hydrogens is 452 g/mol. The van der Waals surface area contributed by atoms with E-state index >= 15 is 0 Å². The Bertz CT molecular complexity index is 1420. The van der Waals surface area contributed by atoms with Gasteiger partial charge in [0.2, 0.25) is 10.0 Å². The fraction of sp³-hybridized carbons (Fsp3) is 0.120. The number of ether oxygens (including phenoxy) is 1. The Morgan fingerprint density at radius 1 is 0.941 bits per heavy atom. The van der Waals surface area contributed by atoms with Gasteiger partial charge >= 0.3 is 0 Å². The number of carbonyl (C=O) groups is 1. The predicted molar refractivity (Wildman–Crippen MR) is 127 cm³/mol. The van der Waals surface area contributed by atoms with Crippen LogP contribution in [0.15, 0.2) is 89.8 Å². The summed E-state index contributed by atoms with van der Waals surface area (Å²) >= 11 is 0. The van der Waals surface area contributed by atoms with E-state index in [0.717, 1.165) is 5.69 Å². The number of amides is 1. The van der Waals surface area contributed by atoms with Gasteiger partial charge in [-0.1, -0.05) is 42.5 Å². The van der Waals surface area contributed by atoms with Crippen LogP contribution in [-0.2, 0) is 23.0 Å². The summed E-state index contributed by atoms with van der Waals surface area (Å²) in [6, 6.07) is 24.5. The molecule has 0 radical (unpaired) electrons. The standard InChI is InChI=1S/C25H22N4O4S/c30-25(18-8-7-11-20(16-18)33-19-9-3-1-4-10-19)26-24-22-17-29(15-14-23(22)27-28-24)34(31,32)21-12-5-2-6-13-21/h1-13,16H,14-15,17H2,(H2,26,27,28,30). The number of fused-ring (bicyclic) bond motifs is 1. The predicted octanol–water partition coefficient (Wildman–Crippen LogP) is 4.20. The van der Waals surface area contributed by atoms with E-state index in [1.54, 1.807) is 54.6 Å². The fourth-order valence-corrected chi connectivity index (χ4v) is 5.26. The third-order valence-electron chi connectivity index (χ3n) is 5.58. The Labute approximate surface area is 197 Å². The van der Waals surface area contributed by atoms with Crippen molar-refractivity contribution in [3.8, 4) is 11.5 Å². The minimum absolute atomic E-state index is 0.121. The van der Waals surface area contributed by atoms with Crippen LogP contribution >= 0.6 is 0 Å². The molecule has 2 heterocycles. The highest BCUT2D eigenvalue weighted by Gasteiger charge is 2.31. The topological polar surface area (TPSA) is 104 Å². The average Bonchev–Trinajstić information content (AvgIpc) is 3.27. The van der Waals surface area contributed by atoms with Gasteiger partial charge in [-0.05, 0) is 42.5 Å². The number of nitrogens with zero attached hydrogens (tertiary/aromatic N) is 2.